The average molecular weight is 351 g/mol. The number of carbonyl (C=O) groups excluding carboxylic acids is 3. The van der Waals surface area contributed by atoms with E-state index in [1.807, 2.05) is 12.1 Å². The van der Waals surface area contributed by atoms with Crippen LogP contribution in [0.3, 0.4) is 0 Å². The van der Waals surface area contributed by atoms with E-state index in [2.05, 4.69) is 5.32 Å². The number of esters is 1. The number of benzene rings is 2. The van der Waals surface area contributed by atoms with Crippen molar-refractivity contribution in [1.82, 2.24) is 5.32 Å². The zero-order chi connectivity index (χ0) is 18.3. The van der Waals surface area contributed by atoms with Crippen molar-refractivity contribution in [3.8, 4) is 0 Å². The molecular weight excluding hydrogens is 330 g/mol. The van der Waals surface area contributed by atoms with Crippen LogP contribution in [0.15, 0.2) is 36.4 Å². The van der Waals surface area contributed by atoms with Crippen LogP contribution in [0, 0.1) is 0 Å². The third-order valence-electron chi connectivity index (χ3n) is 5.41. The Morgan fingerprint density at radius 2 is 1.77 bits per heavy atom. The third kappa shape index (κ3) is 2.42. The maximum atomic E-state index is 13.3. The van der Waals surface area contributed by atoms with Crippen molar-refractivity contribution in [1.29, 1.82) is 0 Å². The van der Waals surface area contributed by atoms with Crippen molar-refractivity contribution in [2.24, 2.45) is 0 Å². The van der Waals surface area contributed by atoms with E-state index in [4.69, 9.17) is 4.74 Å². The molecule has 1 saturated carbocycles. The molecule has 1 atom stereocenters. The van der Waals surface area contributed by atoms with Gasteiger partial charge in [0.2, 0.25) is 5.78 Å². The molecule has 4 rings (SSSR count). The number of hydrogen-bond acceptors (Lipinski definition) is 4. The SMILES string of the molecule is CC(=O)OC1(C(=O)NC2CCCCC2)C(=O)c2cccc3cccc1c23. The molecule has 1 unspecified atom stereocenters. The van der Waals surface area contributed by atoms with Crippen molar-refractivity contribution in [2.75, 3.05) is 0 Å². The van der Waals surface area contributed by atoms with E-state index in [0.29, 0.717) is 16.5 Å². The van der Waals surface area contributed by atoms with Gasteiger partial charge in [0.15, 0.2) is 0 Å². The molecule has 2 aromatic rings. The van der Waals surface area contributed by atoms with E-state index in [-0.39, 0.29) is 6.04 Å². The van der Waals surface area contributed by atoms with E-state index in [0.717, 1.165) is 37.5 Å². The Balaban J connectivity index is 1.83. The number of ether oxygens (including phenoxy) is 1. The van der Waals surface area contributed by atoms with Gasteiger partial charge in [-0.2, -0.15) is 0 Å². The molecule has 0 bridgehead atoms. The van der Waals surface area contributed by atoms with E-state index < -0.39 is 23.3 Å². The summed E-state index contributed by atoms with van der Waals surface area (Å²) in [7, 11) is 0. The summed E-state index contributed by atoms with van der Waals surface area (Å²) in [5.74, 6) is -1.65. The molecule has 0 heterocycles. The largest absolute Gasteiger partial charge is 0.435 e. The van der Waals surface area contributed by atoms with Crippen molar-refractivity contribution in [3.05, 3.63) is 47.5 Å². The summed E-state index contributed by atoms with van der Waals surface area (Å²) in [4.78, 5) is 38.4. The molecule has 134 valence electrons. The maximum Gasteiger partial charge on any atom is 0.304 e. The van der Waals surface area contributed by atoms with Crippen LogP contribution in [-0.4, -0.2) is 23.7 Å². The van der Waals surface area contributed by atoms with Crippen molar-refractivity contribution in [3.63, 3.8) is 0 Å². The number of ketones is 1. The first-order valence-corrected chi connectivity index (χ1v) is 9.11. The lowest BCUT2D eigenvalue weighted by atomic mass is 9.90. The standard InChI is InChI=1S/C21H21NO4/c1-13(23)26-21(20(25)22-15-9-3-2-4-10-15)17-12-6-8-14-7-5-11-16(18(14)17)19(21)24/h5-8,11-12,15H,2-4,9-10H2,1H3,(H,22,25). The normalized spacial score (nSPS) is 22.4. The van der Waals surface area contributed by atoms with Crippen molar-refractivity contribution in [2.45, 2.75) is 50.7 Å². The number of nitrogens with one attached hydrogen (secondary N) is 1. The topological polar surface area (TPSA) is 72.5 Å². The van der Waals surface area contributed by atoms with E-state index in [1.54, 1.807) is 24.3 Å². The first-order valence-electron chi connectivity index (χ1n) is 9.11. The van der Waals surface area contributed by atoms with Gasteiger partial charge in [0.1, 0.15) is 0 Å². The second-order valence-corrected chi connectivity index (χ2v) is 7.12. The molecule has 0 spiro atoms. The molecule has 2 aliphatic rings. The fraction of sp³-hybridized carbons (Fsp3) is 0.381. The minimum absolute atomic E-state index is 0.0133. The fourth-order valence-corrected chi connectivity index (χ4v) is 4.26. The van der Waals surface area contributed by atoms with Crippen molar-refractivity contribution >= 4 is 28.4 Å². The van der Waals surface area contributed by atoms with Crippen LogP contribution in [0.2, 0.25) is 0 Å². The molecule has 1 N–H and O–H groups in total. The van der Waals surface area contributed by atoms with Gasteiger partial charge in [0.05, 0.1) is 0 Å². The molecule has 26 heavy (non-hydrogen) atoms. The van der Waals surface area contributed by atoms with Crippen LogP contribution in [0.5, 0.6) is 0 Å². The van der Waals surface area contributed by atoms with Gasteiger partial charge in [-0.05, 0) is 18.2 Å². The lowest BCUT2D eigenvalue weighted by molar-refractivity contribution is -0.162. The van der Waals surface area contributed by atoms with Crippen molar-refractivity contribution < 1.29 is 19.1 Å². The lowest BCUT2D eigenvalue weighted by Crippen LogP contribution is -2.53. The number of Topliss-reactive ketones (excluding diaryl/α,β-unsaturated/α-hetero) is 1. The van der Waals surface area contributed by atoms with Gasteiger partial charge in [-0.25, -0.2) is 0 Å². The Hall–Kier alpha value is -2.69. The molecule has 2 aliphatic carbocycles. The lowest BCUT2D eigenvalue weighted by Gasteiger charge is -2.31. The van der Waals surface area contributed by atoms with Crippen LogP contribution < -0.4 is 5.32 Å². The van der Waals surface area contributed by atoms with Crippen LogP contribution in [0.25, 0.3) is 10.8 Å². The molecule has 0 saturated heterocycles. The molecule has 5 heteroatoms. The summed E-state index contributed by atoms with van der Waals surface area (Å²) in [6, 6.07) is 10.7. The average Bonchev–Trinajstić information content (AvgIpc) is 2.88. The Morgan fingerprint density at radius 3 is 2.46 bits per heavy atom. The fourth-order valence-electron chi connectivity index (χ4n) is 4.26. The maximum absolute atomic E-state index is 13.3. The Bertz CT molecular complexity index is 908. The molecule has 5 nitrogen and oxygen atoms in total. The van der Waals surface area contributed by atoms with Crippen LogP contribution in [-0.2, 0) is 19.9 Å². The van der Waals surface area contributed by atoms with E-state index >= 15 is 0 Å². The van der Waals surface area contributed by atoms with Gasteiger partial charge >= 0.3 is 5.97 Å². The van der Waals surface area contributed by atoms with Gasteiger partial charge in [0.25, 0.3) is 11.5 Å². The van der Waals surface area contributed by atoms with Crippen LogP contribution in [0.4, 0.5) is 0 Å². The summed E-state index contributed by atoms with van der Waals surface area (Å²) >= 11 is 0. The second kappa shape index (κ2) is 6.24. The Morgan fingerprint density at radius 1 is 1.08 bits per heavy atom. The predicted octanol–water partition coefficient (Wildman–Crippen LogP) is 3.24. The zero-order valence-electron chi connectivity index (χ0n) is 14.7. The molecular formula is C21H21NO4. The summed E-state index contributed by atoms with van der Waals surface area (Å²) in [5.41, 5.74) is -1.04. The van der Waals surface area contributed by atoms with Crippen LogP contribution in [0.1, 0.15) is 54.9 Å². The molecule has 1 amide bonds. The zero-order valence-corrected chi connectivity index (χ0v) is 14.7. The molecule has 1 fully saturated rings. The minimum Gasteiger partial charge on any atom is -0.435 e. The number of carbonyl (C=O) groups is 3. The monoisotopic (exact) mass is 351 g/mol. The van der Waals surface area contributed by atoms with E-state index in [1.165, 1.54) is 6.92 Å². The highest BCUT2D eigenvalue weighted by molar-refractivity contribution is 6.28. The van der Waals surface area contributed by atoms with Gasteiger partial charge in [-0.3, -0.25) is 14.4 Å². The minimum atomic E-state index is -1.92. The van der Waals surface area contributed by atoms with Gasteiger partial charge in [-0.1, -0.05) is 55.7 Å². The first-order chi connectivity index (χ1) is 12.5. The summed E-state index contributed by atoms with van der Waals surface area (Å²) in [5, 5.41) is 4.53. The molecule has 0 aliphatic heterocycles. The number of amides is 1. The van der Waals surface area contributed by atoms with E-state index in [9.17, 15) is 14.4 Å². The van der Waals surface area contributed by atoms with Gasteiger partial charge < -0.3 is 10.1 Å². The smallest absolute Gasteiger partial charge is 0.304 e. The van der Waals surface area contributed by atoms with Gasteiger partial charge in [0, 0.05) is 29.5 Å². The van der Waals surface area contributed by atoms with Crippen LogP contribution >= 0.6 is 0 Å². The van der Waals surface area contributed by atoms with Gasteiger partial charge in [-0.15, -0.1) is 0 Å². The highest BCUT2D eigenvalue weighted by Gasteiger charge is 2.56. The number of rotatable bonds is 3. The quantitative estimate of drug-likeness (QED) is 0.681. The third-order valence-corrected chi connectivity index (χ3v) is 5.41. The second-order valence-electron chi connectivity index (χ2n) is 7.12. The Kier molecular flexibility index (Phi) is 4.02. The first kappa shape index (κ1) is 16.8. The molecule has 0 aromatic heterocycles. The highest BCUT2D eigenvalue weighted by atomic mass is 16.6. The number of hydrogen-bond donors (Lipinski definition) is 1. The summed E-state index contributed by atoms with van der Waals surface area (Å²) < 4.78 is 5.49. The summed E-state index contributed by atoms with van der Waals surface area (Å²) in [6.45, 7) is 1.23. The predicted molar refractivity (Wildman–Crippen MR) is 96.7 cm³/mol. The Labute approximate surface area is 151 Å². The summed E-state index contributed by atoms with van der Waals surface area (Å²) in [6.07, 6.45) is 5.02. The highest BCUT2D eigenvalue weighted by Crippen LogP contribution is 2.44. The molecule has 2 aromatic carbocycles. The molecule has 0 radical (unpaired) electrons.